The Morgan fingerprint density at radius 2 is 1.82 bits per heavy atom. The Morgan fingerprint density at radius 3 is 2.47 bits per heavy atom. The van der Waals surface area contributed by atoms with E-state index in [0.29, 0.717) is 11.7 Å². The molecule has 3 aromatic carbocycles. The molecule has 0 atom stereocenters. The van der Waals surface area contributed by atoms with Crippen LogP contribution in [0.15, 0.2) is 71.8 Å². The number of rotatable bonds is 8. The highest BCUT2D eigenvalue weighted by atomic mass is 32.1. The van der Waals surface area contributed by atoms with Crippen LogP contribution in [0.5, 0.6) is 5.75 Å². The Morgan fingerprint density at radius 1 is 1.09 bits per heavy atom. The first-order valence-corrected chi connectivity index (χ1v) is 11.6. The van der Waals surface area contributed by atoms with E-state index in [2.05, 4.69) is 42.6 Å². The molecule has 0 unspecified atom stereocenters. The van der Waals surface area contributed by atoms with Gasteiger partial charge in [0.2, 0.25) is 5.13 Å². The summed E-state index contributed by atoms with van der Waals surface area (Å²) in [6.07, 6.45) is 1.72. The van der Waals surface area contributed by atoms with Crippen molar-refractivity contribution in [1.29, 1.82) is 0 Å². The highest BCUT2D eigenvalue weighted by Gasteiger charge is 2.17. The van der Waals surface area contributed by atoms with E-state index in [4.69, 9.17) is 9.72 Å². The summed E-state index contributed by atoms with van der Waals surface area (Å²) in [5, 5.41) is 16.0. The van der Waals surface area contributed by atoms with Crippen molar-refractivity contribution >= 4 is 28.4 Å². The van der Waals surface area contributed by atoms with Gasteiger partial charge in [-0.3, -0.25) is 15.5 Å². The van der Waals surface area contributed by atoms with Gasteiger partial charge in [-0.05, 0) is 73.9 Å². The number of nitrogens with one attached hydrogen (secondary N) is 1. The van der Waals surface area contributed by atoms with Crippen LogP contribution in [-0.4, -0.2) is 22.7 Å². The Hall–Kier alpha value is -4.04. The number of aryl methyl sites for hydroxylation is 2. The van der Waals surface area contributed by atoms with Gasteiger partial charge in [-0.1, -0.05) is 35.1 Å². The van der Waals surface area contributed by atoms with Crippen LogP contribution in [-0.2, 0) is 0 Å². The maximum absolute atomic E-state index is 11.1. The lowest BCUT2D eigenvalue weighted by atomic mass is 10.0. The van der Waals surface area contributed by atoms with Crippen molar-refractivity contribution in [1.82, 2.24) is 4.98 Å². The van der Waals surface area contributed by atoms with Crippen molar-refractivity contribution in [2.45, 2.75) is 20.8 Å². The summed E-state index contributed by atoms with van der Waals surface area (Å²) in [6, 6.07) is 20.4. The van der Waals surface area contributed by atoms with Crippen LogP contribution in [0.2, 0.25) is 0 Å². The molecule has 0 fully saturated rings. The number of nitro groups is 1. The average Bonchev–Trinajstić information content (AvgIpc) is 3.24. The van der Waals surface area contributed by atoms with Crippen LogP contribution in [0.4, 0.5) is 10.8 Å². The predicted molar refractivity (Wildman–Crippen MR) is 138 cm³/mol. The molecule has 1 heterocycles. The summed E-state index contributed by atoms with van der Waals surface area (Å²) < 4.78 is 5.47. The maximum atomic E-state index is 11.1. The van der Waals surface area contributed by atoms with Gasteiger partial charge in [0.15, 0.2) is 0 Å². The zero-order chi connectivity index (χ0) is 24.1. The van der Waals surface area contributed by atoms with Crippen LogP contribution in [0.25, 0.3) is 21.7 Å². The Bertz CT molecular complexity index is 1330. The molecular formula is C26H24N4O3S. The highest BCUT2D eigenvalue weighted by Crippen LogP contribution is 2.40. The molecule has 8 heteroatoms. The third-order valence-electron chi connectivity index (χ3n) is 5.17. The lowest BCUT2D eigenvalue weighted by molar-refractivity contribution is -0.384. The van der Waals surface area contributed by atoms with Gasteiger partial charge in [0.1, 0.15) is 5.75 Å². The summed E-state index contributed by atoms with van der Waals surface area (Å²) in [4.78, 5) is 16.4. The van der Waals surface area contributed by atoms with E-state index in [0.717, 1.165) is 38.6 Å². The summed E-state index contributed by atoms with van der Waals surface area (Å²) in [5.41, 5.74) is 8.99. The molecule has 4 aromatic rings. The second kappa shape index (κ2) is 10.3. The Labute approximate surface area is 201 Å². The molecule has 0 spiro atoms. The molecule has 0 bridgehead atoms. The first kappa shape index (κ1) is 23.1. The molecule has 0 radical (unpaired) electrons. The fourth-order valence-electron chi connectivity index (χ4n) is 3.54. The minimum atomic E-state index is -0.399. The lowest BCUT2D eigenvalue weighted by Gasteiger charge is -2.07. The van der Waals surface area contributed by atoms with Crippen molar-refractivity contribution in [3.63, 3.8) is 0 Å². The second-order valence-electron chi connectivity index (χ2n) is 7.69. The summed E-state index contributed by atoms with van der Waals surface area (Å²) >= 11 is 1.45. The molecule has 1 N–H and O–H groups in total. The van der Waals surface area contributed by atoms with E-state index < -0.39 is 4.92 Å². The van der Waals surface area contributed by atoms with Gasteiger partial charge in [-0.15, -0.1) is 0 Å². The zero-order valence-corrected chi connectivity index (χ0v) is 19.9. The third-order valence-corrected chi connectivity index (χ3v) is 6.18. The zero-order valence-electron chi connectivity index (χ0n) is 19.1. The fourth-order valence-corrected chi connectivity index (χ4v) is 4.47. The smallest absolute Gasteiger partial charge is 0.269 e. The Kier molecular flexibility index (Phi) is 6.98. The van der Waals surface area contributed by atoms with Gasteiger partial charge in [0, 0.05) is 17.7 Å². The molecule has 7 nitrogen and oxygen atoms in total. The number of ether oxygens (including phenoxy) is 1. The van der Waals surface area contributed by atoms with E-state index in [9.17, 15) is 10.1 Å². The number of nitrogens with zero attached hydrogens (tertiary/aromatic N) is 3. The largest absolute Gasteiger partial charge is 0.494 e. The Balaban J connectivity index is 1.65. The van der Waals surface area contributed by atoms with Gasteiger partial charge in [-0.25, -0.2) is 4.98 Å². The normalized spacial score (nSPS) is 11.0. The summed E-state index contributed by atoms with van der Waals surface area (Å²) in [5.74, 6) is 0.818. The fraction of sp³-hybridized carbons (Fsp3) is 0.154. The molecule has 34 heavy (non-hydrogen) atoms. The van der Waals surface area contributed by atoms with E-state index in [1.54, 1.807) is 18.3 Å². The van der Waals surface area contributed by atoms with Gasteiger partial charge < -0.3 is 4.74 Å². The second-order valence-corrected chi connectivity index (χ2v) is 8.69. The van der Waals surface area contributed by atoms with Gasteiger partial charge >= 0.3 is 0 Å². The van der Waals surface area contributed by atoms with Crippen LogP contribution in [0.1, 0.15) is 23.6 Å². The SMILES string of the molecule is CCOc1ccc(/C=N\Nc2nc(-c3ccc(C)cc3C)c(-c3ccc([N+](=O)[O-])cc3)s2)cc1. The number of non-ortho nitro benzene ring substituents is 1. The molecule has 0 saturated carbocycles. The monoisotopic (exact) mass is 472 g/mol. The first-order valence-electron chi connectivity index (χ1n) is 10.8. The molecule has 1 aromatic heterocycles. The average molecular weight is 473 g/mol. The van der Waals surface area contributed by atoms with E-state index in [-0.39, 0.29) is 5.69 Å². The summed E-state index contributed by atoms with van der Waals surface area (Å²) in [7, 11) is 0. The lowest BCUT2D eigenvalue weighted by Crippen LogP contribution is -1.93. The number of hydrogen-bond acceptors (Lipinski definition) is 7. The quantitative estimate of drug-likeness (QED) is 0.172. The number of anilines is 1. The highest BCUT2D eigenvalue weighted by molar-refractivity contribution is 7.19. The van der Waals surface area contributed by atoms with Gasteiger partial charge in [-0.2, -0.15) is 5.10 Å². The topological polar surface area (TPSA) is 89.7 Å². The van der Waals surface area contributed by atoms with Crippen LogP contribution < -0.4 is 10.2 Å². The number of thiazole rings is 1. The molecule has 0 saturated heterocycles. The number of hydrogen-bond donors (Lipinski definition) is 1. The van der Waals surface area contributed by atoms with Gasteiger partial charge in [0.05, 0.1) is 28.3 Å². The van der Waals surface area contributed by atoms with Crippen molar-refractivity contribution in [3.8, 4) is 27.4 Å². The molecule has 0 aliphatic carbocycles. The molecule has 0 aliphatic heterocycles. The number of nitro benzene ring substituents is 1. The predicted octanol–water partition coefficient (Wildman–Crippen LogP) is 6.85. The third kappa shape index (κ3) is 5.29. The van der Waals surface area contributed by atoms with Gasteiger partial charge in [0.25, 0.3) is 5.69 Å². The molecule has 172 valence electrons. The van der Waals surface area contributed by atoms with Crippen molar-refractivity contribution in [2.75, 3.05) is 12.0 Å². The maximum Gasteiger partial charge on any atom is 0.269 e. The van der Waals surface area contributed by atoms with E-state index >= 15 is 0 Å². The standard InChI is InChI=1S/C26H24N4O3S/c1-4-33-22-12-6-19(7-13-22)16-27-29-26-28-24(23-14-5-17(2)15-18(23)3)25(34-26)20-8-10-21(11-9-20)30(31)32/h5-16H,4H2,1-3H3,(H,28,29)/b27-16-. The summed E-state index contributed by atoms with van der Waals surface area (Å²) in [6.45, 7) is 6.68. The molecule has 0 amide bonds. The number of benzene rings is 3. The van der Waals surface area contributed by atoms with Crippen molar-refractivity contribution in [3.05, 3.63) is 93.5 Å². The van der Waals surface area contributed by atoms with Crippen LogP contribution >= 0.6 is 11.3 Å². The van der Waals surface area contributed by atoms with E-state index in [1.807, 2.05) is 31.2 Å². The van der Waals surface area contributed by atoms with E-state index in [1.165, 1.54) is 29.0 Å². The van der Waals surface area contributed by atoms with Crippen LogP contribution in [0, 0.1) is 24.0 Å². The van der Waals surface area contributed by atoms with Crippen molar-refractivity contribution in [2.24, 2.45) is 5.10 Å². The molecule has 0 aliphatic rings. The minimum Gasteiger partial charge on any atom is -0.494 e. The molecular weight excluding hydrogens is 448 g/mol. The number of aromatic nitrogens is 1. The van der Waals surface area contributed by atoms with Crippen LogP contribution in [0.3, 0.4) is 0 Å². The first-order chi connectivity index (χ1) is 16.4. The minimum absolute atomic E-state index is 0.0552. The number of hydrazone groups is 1. The van der Waals surface area contributed by atoms with Crippen molar-refractivity contribution < 1.29 is 9.66 Å². The molecule has 4 rings (SSSR count).